The Labute approximate surface area is 373 Å². The van der Waals surface area contributed by atoms with Crippen molar-refractivity contribution in [3.05, 3.63) is 194 Å². The molecule has 6 aromatic rings. The summed E-state index contributed by atoms with van der Waals surface area (Å²) in [5.41, 5.74) is 26.7. The fraction of sp³-hybridized carbons (Fsp3) is 0.333. The minimum atomic E-state index is -0.158. The average Bonchev–Trinajstić information content (AvgIpc) is 3.63. The van der Waals surface area contributed by atoms with Gasteiger partial charge in [0.1, 0.15) is 0 Å². The molecule has 0 radical (unpaired) electrons. The van der Waals surface area contributed by atoms with Crippen LogP contribution in [-0.2, 0) is 36.5 Å². The maximum absolute atomic E-state index is 2.61. The van der Waals surface area contributed by atoms with Gasteiger partial charge in [-0.1, -0.05) is 104 Å². The summed E-state index contributed by atoms with van der Waals surface area (Å²) in [5.74, 6) is 0.650. The van der Waals surface area contributed by atoms with Crippen LogP contribution >= 0.6 is 0 Å². The molecule has 316 valence electrons. The number of fused-ring (bicyclic) bond motifs is 6. The van der Waals surface area contributed by atoms with E-state index in [4.69, 9.17) is 0 Å². The van der Waals surface area contributed by atoms with Gasteiger partial charge >= 0.3 is 0 Å². The van der Waals surface area contributed by atoms with Crippen molar-refractivity contribution in [3.8, 4) is 11.1 Å². The molecule has 62 heavy (non-hydrogen) atoms. The molecule has 0 bridgehead atoms. The number of rotatable bonds is 10. The summed E-state index contributed by atoms with van der Waals surface area (Å²) in [6, 6.07) is 40.6. The number of hydrogen-bond acceptors (Lipinski definition) is 2. The lowest BCUT2D eigenvalue weighted by Crippen LogP contribution is -2.28. The van der Waals surface area contributed by atoms with E-state index < -0.39 is 0 Å². The third-order valence-electron chi connectivity index (χ3n) is 15.4. The lowest BCUT2D eigenvalue weighted by Gasteiger charge is -2.35. The third-order valence-corrected chi connectivity index (χ3v) is 15.4. The second kappa shape index (κ2) is 15.6. The molecular weight excluding hydrogens is 749 g/mol. The summed E-state index contributed by atoms with van der Waals surface area (Å²) in [7, 11) is 0. The molecule has 2 atom stereocenters. The highest BCUT2D eigenvalue weighted by Crippen LogP contribution is 2.59. The highest BCUT2D eigenvalue weighted by Gasteiger charge is 2.48. The van der Waals surface area contributed by atoms with Crippen LogP contribution in [0.4, 0.5) is 28.4 Å². The van der Waals surface area contributed by atoms with Crippen LogP contribution in [0.2, 0.25) is 0 Å². The van der Waals surface area contributed by atoms with Gasteiger partial charge in [-0.25, -0.2) is 0 Å². The Morgan fingerprint density at radius 1 is 0.452 bits per heavy atom. The first kappa shape index (κ1) is 41.7. The van der Waals surface area contributed by atoms with Gasteiger partial charge in [-0.05, 0) is 215 Å². The van der Waals surface area contributed by atoms with Crippen molar-refractivity contribution in [1.82, 2.24) is 0 Å². The zero-order valence-corrected chi connectivity index (χ0v) is 39.4. The molecule has 3 aliphatic rings. The average molecular weight is 815 g/mol. The van der Waals surface area contributed by atoms with Gasteiger partial charge in [0.2, 0.25) is 0 Å². The first-order valence-electron chi connectivity index (χ1n) is 23.4. The molecule has 2 heteroatoms. The van der Waals surface area contributed by atoms with E-state index in [0.29, 0.717) is 11.8 Å². The molecular formula is C60H66N2. The molecule has 0 aliphatic heterocycles. The van der Waals surface area contributed by atoms with Crippen molar-refractivity contribution in [2.75, 3.05) is 9.80 Å². The molecule has 0 saturated heterocycles. The van der Waals surface area contributed by atoms with Crippen molar-refractivity contribution < 1.29 is 0 Å². The summed E-state index contributed by atoms with van der Waals surface area (Å²) < 4.78 is 0. The zero-order chi connectivity index (χ0) is 43.8. The van der Waals surface area contributed by atoms with E-state index in [0.717, 1.165) is 25.7 Å². The van der Waals surface area contributed by atoms with Crippen LogP contribution in [0.25, 0.3) is 11.1 Å². The maximum Gasteiger partial charge on any atom is 0.0465 e. The predicted octanol–water partition coefficient (Wildman–Crippen LogP) is 16.2. The van der Waals surface area contributed by atoms with Gasteiger partial charge in [0, 0.05) is 45.5 Å². The molecule has 0 N–H and O–H groups in total. The number of aryl methyl sites for hydroxylation is 8. The van der Waals surface area contributed by atoms with Gasteiger partial charge < -0.3 is 9.80 Å². The molecule has 2 unspecified atom stereocenters. The van der Waals surface area contributed by atoms with E-state index >= 15 is 0 Å². The van der Waals surface area contributed by atoms with E-state index in [2.05, 4.69) is 214 Å². The Morgan fingerprint density at radius 2 is 0.935 bits per heavy atom. The molecule has 0 spiro atoms. The number of hydrogen-bond donors (Lipinski definition) is 0. The van der Waals surface area contributed by atoms with Crippen LogP contribution in [0.5, 0.6) is 0 Å². The van der Waals surface area contributed by atoms with Crippen LogP contribution in [0.3, 0.4) is 0 Å². The van der Waals surface area contributed by atoms with Crippen LogP contribution in [-0.4, -0.2) is 0 Å². The minimum Gasteiger partial charge on any atom is -0.311 e. The zero-order valence-electron chi connectivity index (χ0n) is 39.4. The Morgan fingerprint density at radius 3 is 1.50 bits per heavy atom. The van der Waals surface area contributed by atoms with Crippen molar-refractivity contribution in [3.63, 3.8) is 0 Å². The largest absolute Gasteiger partial charge is 0.311 e. The number of allylic oxidation sites excluding steroid dienone is 3. The van der Waals surface area contributed by atoms with E-state index in [1.165, 1.54) is 112 Å². The fourth-order valence-corrected chi connectivity index (χ4v) is 11.2. The summed E-state index contributed by atoms with van der Waals surface area (Å²) in [5, 5.41) is 0. The monoisotopic (exact) mass is 815 g/mol. The molecule has 0 fully saturated rings. The highest BCUT2D eigenvalue weighted by molar-refractivity contribution is 5.87. The van der Waals surface area contributed by atoms with Crippen LogP contribution in [0.1, 0.15) is 128 Å². The molecule has 0 aromatic heterocycles. The van der Waals surface area contributed by atoms with Gasteiger partial charge in [-0.15, -0.1) is 0 Å². The first-order valence-corrected chi connectivity index (χ1v) is 23.4. The summed E-state index contributed by atoms with van der Waals surface area (Å²) >= 11 is 0. The van der Waals surface area contributed by atoms with E-state index in [1.807, 2.05) is 0 Å². The Hall–Kier alpha value is -5.60. The van der Waals surface area contributed by atoms with E-state index in [-0.39, 0.29) is 10.8 Å². The van der Waals surface area contributed by atoms with Gasteiger partial charge in [0.05, 0.1) is 0 Å². The van der Waals surface area contributed by atoms with E-state index in [9.17, 15) is 0 Å². The van der Waals surface area contributed by atoms with Crippen LogP contribution in [0, 0.1) is 33.6 Å². The normalized spacial score (nSPS) is 17.6. The standard InChI is InChI=1S/C60H66N2/c1-13-41-19-23-47(31-43(41)15-3)61(45-21-17-37(5)39(7)29-45)49-25-27-51-53-35-58-54(36-57(53)59(9,10)55(51)33-49)52-28-26-50(34-56(52)60(58,11)12)62(46-22-18-38(6)40(8)30-46)48-24-20-42(14-2)44(16-4)32-48/h17-36,51,55H,13-16H2,1-12H3. The molecule has 9 rings (SSSR count). The predicted molar refractivity (Wildman–Crippen MR) is 267 cm³/mol. The number of anilines is 5. The molecule has 0 heterocycles. The van der Waals surface area contributed by atoms with Gasteiger partial charge in [0.15, 0.2) is 0 Å². The summed E-state index contributed by atoms with van der Waals surface area (Å²) in [6.07, 6.45) is 11.7. The summed E-state index contributed by atoms with van der Waals surface area (Å²) in [6.45, 7) is 27.8. The van der Waals surface area contributed by atoms with Gasteiger partial charge in [0.25, 0.3) is 0 Å². The summed E-state index contributed by atoms with van der Waals surface area (Å²) in [4.78, 5) is 4.99. The second-order valence-corrected chi connectivity index (χ2v) is 19.6. The Kier molecular flexibility index (Phi) is 10.5. The molecule has 0 amide bonds. The van der Waals surface area contributed by atoms with Crippen molar-refractivity contribution in [2.24, 2.45) is 5.92 Å². The SMILES string of the molecule is CCc1ccc(N(C2=CC3C(C=C2)c2cc4c(cc2C3(C)C)-c2ccc(N(c3ccc(C)c(C)c3)c3ccc(CC)c(CC)c3)cc2C4(C)C)c2ccc(C)c(C)c2)cc1CC. The van der Waals surface area contributed by atoms with Crippen molar-refractivity contribution in [1.29, 1.82) is 0 Å². The van der Waals surface area contributed by atoms with Crippen molar-refractivity contribution >= 4 is 28.4 Å². The second-order valence-electron chi connectivity index (χ2n) is 19.6. The maximum atomic E-state index is 2.61. The lowest BCUT2D eigenvalue weighted by atomic mass is 9.73. The molecule has 6 aromatic carbocycles. The van der Waals surface area contributed by atoms with E-state index in [1.54, 1.807) is 0 Å². The lowest BCUT2D eigenvalue weighted by molar-refractivity contribution is 0.392. The van der Waals surface area contributed by atoms with Gasteiger partial charge in [-0.3, -0.25) is 0 Å². The van der Waals surface area contributed by atoms with Crippen molar-refractivity contribution in [2.45, 2.75) is 126 Å². The minimum absolute atomic E-state index is 0.0604. The van der Waals surface area contributed by atoms with Crippen LogP contribution < -0.4 is 9.80 Å². The molecule has 3 aliphatic carbocycles. The smallest absolute Gasteiger partial charge is 0.0465 e. The topological polar surface area (TPSA) is 6.48 Å². The van der Waals surface area contributed by atoms with Gasteiger partial charge in [-0.2, -0.15) is 0 Å². The highest BCUT2D eigenvalue weighted by atomic mass is 15.2. The number of nitrogens with zero attached hydrogens (tertiary/aromatic N) is 2. The quantitative estimate of drug-likeness (QED) is 0.136. The van der Waals surface area contributed by atoms with Crippen LogP contribution in [0.15, 0.2) is 127 Å². The first-order chi connectivity index (χ1) is 29.7. The molecule has 0 saturated carbocycles. The Balaban J connectivity index is 1.12. The third kappa shape index (κ3) is 6.68. The molecule has 2 nitrogen and oxygen atoms in total. The number of benzene rings is 6. The fourth-order valence-electron chi connectivity index (χ4n) is 11.2. The Bertz CT molecular complexity index is 2810.